The van der Waals surface area contributed by atoms with Gasteiger partial charge in [0.1, 0.15) is 18.3 Å². The van der Waals surface area contributed by atoms with Crippen molar-refractivity contribution < 1.29 is 61.9 Å². The van der Waals surface area contributed by atoms with E-state index in [1.165, 1.54) is 0 Å². The minimum atomic E-state index is -1.58. The SMILES string of the molecule is C[C@@H](C#C[C@]12O[C@@]1(C)C[C@@H](O[C@@H]1O[C@H](COC(=O)c3ccccc3)[C@@H](OC(=O)c3ccccc3)[C@H](OC(=O)c3ccccc3)[C@H]1OC(=O)c1ccccc1)CC2(C)C)OC(=O)c1ccccc1. The van der Waals surface area contributed by atoms with Gasteiger partial charge in [-0.1, -0.05) is 117 Å². The van der Waals surface area contributed by atoms with Crippen molar-refractivity contribution in [3.63, 3.8) is 0 Å². The third-order valence-corrected chi connectivity index (χ3v) is 12.2. The fourth-order valence-corrected chi connectivity index (χ4v) is 8.86. The summed E-state index contributed by atoms with van der Waals surface area (Å²) in [6.45, 7) is 7.10. The van der Waals surface area contributed by atoms with Crippen LogP contribution in [0.1, 0.15) is 92.3 Å². The number of esters is 5. The Kier molecular flexibility index (Phi) is 13.7. The number of benzene rings is 5. The number of fused-ring (bicyclic) bond motifs is 1. The Labute approximate surface area is 388 Å². The van der Waals surface area contributed by atoms with E-state index in [2.05, 4.69) is 11.8 Å². The second kappa shape index (κ2) is 19.8. The van der Waals surface area contributed by atoms with Crippen molar-refractivity contribution in [1.29, 1.82) is 0 Å². The highest BCUT2D eigenvalue weighted by Crippen LogP contribution is 2.65. The van der Waals surface area contributed by atoms with Gasteiger partial charge in [-0.25, -0.2) is 24.0 Å². The minimum Gasteiger partial charge on any atom is -0.459 e. The van der Waals surface area contributed by atoms with E-state index in [0.29, 0.717) is 12.0 Å². The van der Waals surface area contributed by atoms with Gasteiger partial charge in [0.05, 0.1) is 33.9 Å². The molecule has 9 atom stereocenters. The molecule has 2 heterocycles. The maximum Gasteiger partial charge on any atom is 0.339 e. The van der Waals surface area contributed by atoms with E-state index in [1.54, 1.807) is 153 Å². The van der Waals surface area contributed by atoms with E-state index in [4.69, 9.17) is 37.9 Å². The van der Waals surface area contributed by atoms with Crippen LogP contribution in [0.25, 0.3) is 0 Å². The molecule has 5 aromatic carbocycles. The first-order valence-electron chi connectivity index (χ1n) is 22.1. The molecule has 0 radical (unpaired) electrons. The van der Waals surface area contributed by atoms with Crippen molar-refractivity contribution in [1.82, 2.24) is 0 Å². The first kappa shape index (κ1) is 46.4. The van der Waals surface area contributed by atoms with E-state index in [0.717, 1.165) is 0 Å². The van der Waals surface area contributed by atoms with Crippen LogP contribution in [0, 0.1) is 17.3 Å². The molecule has 344 valence electrons. The summed E-state index contributed by atoms with van der Waals surface area (Å²) in [4.78, 5) is 68.3. The third kappa shape index (κ3) is 10.3. The maximum absolute atomic E-state index is 14.1. The molecule has 2 saturated heterocycles. The summed E-state index contributed by atoms with van der Waals surface area (Å²) in [5.41, 5.74) is -1.30. The number of carbonyl (C=O) groups excluding carboxylic acids is 5. The molecule has 13 heteroatoms. The zero-order valence-electron chi connectivity index (χ0n) is 37.4. The van der Waals surface area contributed by atoms with Crippen molar-refractivity contribution in [3.05, 3.63) is 179 Å². The highest BCUT2D eigenvalue weighted by Gasteiger charge is 2.76. The molecule has 5 aromatic rings. The quantitative estimate of drug-likeness (QED) is 0.0481. The highest BCUT2D eigenvalue weighted by molar-refractivity contribution is 5.92. The molecule has 2 aliphatic heterocycles. The van der Waals surface area contributed by atoms with Gasteiger partial charge in [-0.3, -0.25) is 0 Å². The van der Waals surface area contributed by atoms with E-state index >= 15 is 0 Å². The van der Waals surface area contributed by atoms with Gasteiger partial charge in [0.25, 0.3) is 0 Å². The van der Waals surface area contributed by atoms with E-state index in [-0.39, 0.29) is 28.7 Å². The third-order valence-electron chi connectivity index (χ3n) is 12.2. The van der Waals surface area contributed by atoms with E-state index < -0.39 is 96.0 Å². The summed E-state index contributed by atoms with van der Waals surface area (Å²) in [5, 5.41) is 0. The van der Waals surface area contributed by atoms with Gasteiger partial charge in [0.15, 0.2) is 36.3 Å². The summed E-state index contributed by atoms with van der Waals surface area (Å²) < 4.78 is 50.2. The molecule has 0 amide bonds. The number of epoxide rings is 1. The normalized spacial score (nSPS) is 26.1. The molecule has 0 aromatic heterocycles. The predicted octanol–water partition coefficient (Wildman–Crippen LogP) is 8.23. The molecule has 8 rings (SSSR count). The number of rotatable bonds is 13. The Bertz CT molecular complexity index is 2610. The van der Waals surface area contributed by atoms with Gasteiger partial charge in [-0.05, 0) is 80.9 Å². The van der Waals surface area contributed by atoms with Crippen LogP contribution in [-0.4, -0.2) is 90.6 Å². The lowest BCUT2D eigenvalue weighted by Crippen LogP contribution is -2.64. The van der Waals surface area contributed by atoms with Gasteiger partial charge < -0.3 is 37.9 Å². The molecule has 3 aliphatic rings. The molecule has 1 aliphatic carbocycles. The molecule has 0 N–H and O–H groups in total. The maximum atomic E-state index is 14.1. The molecular weight excluding hydrogens is 857 g/mol. The fraction of sp³-hybridized carbons (Fsp3) is 0.315. The van der Waals surface area contributed by atoms with Crippen LogP contribution in [0.3, 0.4) is 0 Å². The second-order valence-electron chi connectivity index (χ2n) is 17.5. The average molecular weight is 907 g/mol. The molecule has 1 saturated carbocycles. The lowest BCUT2D eigenvalue weighted by atomic mass is 9.63. The zero-order chi connectivity index (χ0) is 47.2. The van der Waals surface area contributed by atoms with Crippen molar-refractivity contribution in [2.45, 2.75) is 94.7 Å². The van der Waals surface area contributed by atoms with Crippen LogP contribution in [0.4, 0.5) is 0 Å². The summed E-state index contributed by atoms with van der Waals surface area (Å²) >= 11 is 0. The average Bonchev–Trinajstić information content (AvgIpc) is 3.98. The molecular formula is C54H50O13. The largest absolute Gasteiger partial charge is 0.459 e. The van der Waals surface area contributed by atoms with Gasteiger partial charge in [-0.15, -0.1) is 0 Å². The Morgan fingerprint density at radius 3 is 1.45 bits per heavy atom. The standard InChI is InChI=1S/C54H50O13/c1-35(61-47(56)37-22-12-6-13-23-37)30-31-54-52(2,3)32-41(33-53(54,4)67-54)62-51-45(66-50(59)40-28-18-9-19-29-40)44(65-49(58)39-26-16-8-17-27-39)43(64-48(57)38-24-14-7-15-25-38)42(63-51)34-60-46(55)36-20-10-5-11-21-36/h5-29,35,41-45,51H,32-34H2,1-4H3/t35-,41-,42+,43+,44-,45+,51+,53-,54+/m0/s1. The molecule has 13 nitrogen and oxygen atoms in total. The van der Waals surface area contributed by atoms with E-state index in [1.807, 2.05) is 26.8 Å². The smallest absolute Gasteiger partial charge is 0.339 e. The Balaban J connectivity index is 1.13. The van der Waals surface area contributed by atoms with Gasteiger partial charge >= 0.3 is 29.8 Å². The van der Waals surface area contributed by atoms with Crippen LogP contribution >= 0.6 is 0 Å². The van der Waals surface area contributed by atoms with Crippen LogP contribution in [0.5, 0.6) is 0 Å². The first-order chi connectivity index (χ1) is 32.3. The highest BCUT2D eigenvalue weighted by atomic mass is 16.7. The molecule has 67 heavy (non-hydrogen) atoms. The fourth-order valence-electron chi connectivity index (χ4n) is 8.86. The van der Waals surface area contributed by atoms with Crippen molar-refractivity contribution in [2.24, 2.45) is 5.41 Å². The van der Waals surface area contributed by atoms with Crippen molar-refractivity contribution in [2.75, 3.05) is 6.61 Å². The first-order valence-corrected chi connectivity index (χ1v) is 22.1. The number of carbonyl (C=O) groups is 5. The summed E-state index contributed by atoms with van der Waals surface area (Å²) in [6, 6.07) is 41.4. The number of ether oxygens (including phenoxy) is 8. The lowest BCUT2D eigenvalue weighted by Gasteiger charge is -2.46. The van der Waals surface area contributed by atoms with Gasteiger partial charge in [-0.2, -0.15) is 0 Å². The summed E-state index contributed by atoms with van der Waals surface area (Å²) in [5.74, 6) is 2.78. The van der Waals surface area contributed by atoms with Crippen LogP contribution in [0.15, 0.2) is 152 Å². The van der Waals surface area contributed by atoms with Crippen LogP contribution in [-0.2, 0) is 37.9 Å². The number of hydrogen-bond donors (Lipinski definition) is 0. The zero-order valence-corrected chi connectivity index (χ0v) is 37.4. The van der Waals surface area contributed by atoms with Crippen molar-refractivity contribution in [3.8, 4) is 11.8 Å². The molecule has 0 unspecified atom stereocenters. The Morgan fingerprint density at radius 1 is 0.567 bits per heavy atom. The van der Waals surface area contributed by atoms with Crippen LogP contribution in [0.2, 0.25) is 0 Å². The molecule has 0 bridgehead atoms. The van der Waals surface area contributed by atoms with E-state index in [9.17, 15) is 24.0 Å². The predicted molar refractivity (Wildman–Crippen MR) is 242 cm³/mol. The van der Waals surface area contributed by atoms with Gasteiger partial charge in [0, 0.05) is 11.8 Å². The Hall–Kier alpha value is -7.11. The topological polar surface area (TPSA) is 162 Å². The lowest BCUT2D eigenvalue weighted by molar-refractivity contribution is -0.312. The molecule has 0 spiro atoms. The van der Waals surface area contributed by atoms with Gasteiger partial charge in [0.2, 0.25) is 0 Å². The second-order valence-corrected chi connectivity index (χ2v) is 17.5. The monoisotopic (exact) mass is 906 g/mol. The Morgan fingerprint density at radius 2 is 0.985 bits per heavy atom. The molecule has 3 fully saturated rings. The summed E-state index contributed by atoms with van der Waals surface area (Å²) in [7, 11) is 0. The minimum absolute atomic E-state index is 0.161. The number of hydrogen-bond acceptors (Lipinski definition) is 13. The van der Waals surface area contributed by atoms with Crippen LogP contribution < -0.4 is 0 Å². The summed E-state index contributed by atoms with van der Waals surface area (Å²) in [6.07, 6.45) is -8.24. The van der Waals surface area contributed by atoms with Crippen molar-refractivity contribution >= 4 is 29.8 Å².